The van der Waals surface area contributed by atoms with Gasteiger partial charge in [-0.1, -0.05) is 18.2 Å². The third-order valence-electron chi connectivity index (χ3n) is 6.64. The molecule has 3 aromatic heterocycles. The second-order valence-corrected chi connectivity index (χ2v) is 10.5. The van der Waals surface area contributed by atoms with Crippen LogP contribution in [0.5, 0.6) is 0 Å². The molecular formula is C27H33N9O4. The number of nitrogens with zero attached hydrogens (tertiary/aromatic N) is 7. The van der Waals surface area contributed by atoms with Gasteiger partial charge in [0, 0.05) is 51.2 Å². The summed E-state index contributed by atoms with van der Waals surface area (Å²) < 4.78 is 12.1. The molecule has 4 heterocycles. The number of para-hydroxylation sites is 1. The molecule has 0 saturated carbocycles. The number of benzene rings is 1. The Morgan fingerprint density at radius 1 is 1.10 bits per heavy atom. The van der Waals surface area contributed by atoms with Crippen molar-refractivity contribution in [3.05, 3.63) is 47.8 Å². The summed E-state index contributed by atoms with van der Waals surface area (Å²) in [5.41, 5.74) is 9.21. The summed E-state index contributed by atoms with van der Waals surface area (Å²) in [6.07, 6.45) is 2.83. The van der Waals surface area contributed by atoms with Gasteiger partial charge >= 0.3 is 6.09 Å². The van der Waals surface area contributed by atoms with Gasteiger partial charge in [0.2, 0.25) is 0 Å². The number of hydrogen-bond donors (Lipinski definition) is 2. The number of nitrogens with two attached hydrogens (primary N) is 1. The Balaban J connectivity index is 1.32. The zero-order valence-electron chi connectivity index (χ0n) is 23.0. The van der Waals surface area contributed by atoms with Crippen LogP contribution in [0.3, 0.4) is 0 Å². The van der Waals surface area contributed by atoms with Crippen LogP contribution in [0.1, 0.15) is 43.6 Å². The quantitative estimate of drug-likeness (QED) is 0.367. The van der Waals surface area contributed by atoms with Gasteiger partial charge in [-0.2, -0.15) is 0 Å². The van der Waals surface area contributed by atoms with E-state index in [0.717, 1.165) is 11.3 Å². The second kappa shape index (κ2) is 10.8. The van der Waals surface area contributed by atoms with Crippen molar-refractivity contribution in [2.75, 3.05) is 36.8 Å². The van der Waals surface area contributed by atoms with Crippen LogP contribution >= 0.6 is 0 Å². The highest BCUT2D eigenvalue weighted by molar-refractivity contribution is 6.05. The summed E-state index contributed by atoms with van der Waals surface area (Å²) in [5.74, 6) is 0.289. The standard InChI is InChI=1S/C27H33N9O4/c1-5-36-22-18(15-29-16-19(22)31-24(36)21-23(28)33-40-32-21)25(37)30-14-17-8-6-7-9-20(17)34-10-12-35(13-11-34)26(38)39-27(2,3)4/h6-9,15-16H,5,10-14H2,1-4H3,(H2,28,33)(H,30,37). The number of carbonyl (C=O) groups excluding carboxylic acids is 2. The van der Waals surface area contributed by atoms with Crippen LogP contribution in [0.4, 0.5) is 16.3 Å². The van der Waals surface area contributed by atoms with Crippen LogP contribution in [-0.2, 0) is 17.8 Å². The maximum absolute atomic E-state index is 13.4. The molecule has 0 aliphatic carbocycles. The molecule has 0 unspecified atom stereocenters. The first-order chi connectivity index (χ1) is 19.2. The number of pyridine rings is 1. The Kier molecular flexibility index (Phi) is 7.28. The summed E-state index contributed by atoms with van der Waals surface area (Å²) in [4.78, 5) is 38.7. The predicted molar refractivity (Wildman–Crippen MR) is 149 cm³/mol. The molecule has 13 nitrogen and oxygen atoms in total. The fourth-order valence-corrected chi connectivity index (χ4v) is 4.79. The SMILES string of the molecule is CCn1c(-c2nonc2N)nc2cncc(C(=O)NCc3ccccc3N3CCN(C(=O)OC(C)(C)C)CC3)c21. The molecule has 2 amide bonds. The van der Waals surface area contributed by atoms with E-state index in [2.05, 4.69) is 30.5 Å². The van der Waals surface area contributed by atoms with Crippen molar-refractivity contribution in [3.8, 4) is 11.5 Å². The summed E-state index contributed by atoms with van der Waals surface area (Å²) in [7, 11) is 0. The third kappa shape index (κ3) is 5.40. The largest absolute Gasteiger partial charge is 0.444 e. The molecule has 1 saturated heterocycles. The van der Waals surface area contributed by atoms with E-state index in [-0.39, 0.29) is 17.8 Å². The molecule has 0 radical (unpaired) electrons. The van der Waals surface area contributed by atoms with Gasteiger partial charge in [-0.05, 0) is 49.6 Å². The van der Waals surface area contributed by atoms with E-state index < -0.39 is 5.60 Å². The lowest BCUT2D eigenvalue weighted by Gasteiger charge is -2.37. The van der Waals surface area contributed by atoms with Gasteiger partial charge in [-0.3, -0.25) is 9.78 Å². The van der Waals surface area contributed by atoms with Gasteiger partial charge in [0.15, 0.2) is 17.3 Å². The summed E-state index contributed by atoms with van der Waals surface area (Å²) >= 11 is 0. The number of nitrogens with one attached hydrogen (secondary N) is 1. The van der Waals surface area contributed by atoms with E-state index in [9.17, 15) is 9.59 Å². The van der Waals surface area contributed by atoms with Crippen molar-refractivity contribution in [1.29, 1.82) is 0 Å². The number of rotatable bonds is 6. The Morgan fingerprint density at radius 2 is 1.85 bits per heavy atom. The first kappa shape index (κ1) is 26.9. The summed E-state index contributed by atoms with van der Waals surface area (Å²) in [6.45, 7) is 10.8. The molecule has 4 aromatic rings. The van der Waals surface area contributed by atoms with Crippen LogP contribution in [-0.4, -0.2) is 73.5 Å². The van der Waals surface area contributed by atoms with E-state index in [0.29, 0.717) is 67.4 Å². The molecule has 0 spiro atoms. The van der Waals surface area contributed by atoms with E-state index >= 15 is 0 Å². The lowest BCUT2D eigenvalue weighted by molar-refractivity contribution is 0.0240. The molecule has 0 bridgehead atoms. The third-order valence-corrected chi connectivity index (χ3v) is 6.64. The van der Waals surface area contributed by atoms with Crippen LogP contribution in [0.2, 0.25) is 0 Å². The molecule has 3 N–H and O–H groups in total. The smallest absolute Gasteiger partial charge is 0.410 e. The Morgan fingerprint density at radius 3 is 2.52 bits per heavy atom. The lowest BCUT2D eigenvalue weighted by Crippen LogP contribution is -2.50. The number of aryl methyl sites for hydroxylation is 1. The van der Waals surface area contributed by atoms with Gasteiger partial charge in [0.25, 0.3) is 5.91 Å². The number of imidazole rings is 1. The molecule has 5 rings (SSSR count). The van der Waals surface area contributed by atoms with Crippen LogP contribution in [0, 0.1) is 0 Å². The number of amides is 2. The van der Waals surface area contributed by atoms with Gasteiger partial charge in [-0.25, -0.2) is 14.4 Å². The molecule has 1 fully saturated rings. The van der Waals surface area contributed by atoms with Crippen LogP contribution in [0.25, 0.3) is 22.6 Å². The Labute approximate surface area is 231 Å². The molecule has 1 aliphatic rings. The maximum Gasteiger partial charge on any atom is 0.410 e. The zero-order chi connectivity index (χ0) is 28.4. The van der Waals surface area contributed by atoms with E-state index in [1.54, 1.807) is 11.1 Å². The first-order valence-electron chi connectivity index (χ1n) is 13.2. The van der Waals surface area contributed by atoms with Crippen molar-refractivity contribution in [3.63, 3.8) is 0 Å². The number of hydrogen-bond acceptors (Lipinski definition) is 10. The molecular weight excluding hydrogens is 514 g/mol. The minimum absolute atomic E-state index is 0.118. The average Bonchev–Trinajstić information content (AvgIpc) is 3.53. The number of aromatic nitrogens is 5. The van der Waals surface area contributed by atoms with E-state index in [1.165, 1.54) is 6.20 Å². The molecule has 1 aliphatic heterocycles. The predicted octanol–water partition coefficient (Wildman–Crippen LogP) is 3.07. The first-order valence-corrected chi connectivity index (χ1v) is 13.2. The molecule has 13 heteroatoms. The van der Waals surface area contributed by atoms with Crippen molar-refractivity contribution in [1.82, 2.24) is 35.1 Å². The van der Waals surface area contributed by atoms with Crippen molar-refractivity contribution in [2.45, 2.75) is 46.4 Å². The zero-order valence-corrected chi connectivity index (χ0v) is 23.0. The van der Waals surface area contributed by atoms with Gasteiger partial charge in [0.1, 0.15) is 11.1 Å². The fourth-order valence-electron chi connectivity index (χ4n) is 4.79. The highest BCUT2D eigenvalue weighted by Gasteiger charge is 2.27. The van der Waals surface area contributed by atoms with Crippen LogP contribution < -0.4 is 16.0 Å². The van der Waals surface area contributed by atoms with Crippen molar-refractivity contribution >= 4 is 34.5 Å². The number of nitrogen functional groups attached to an aromatic ring is 1. The lowest BCUT2D eigenvalue weighted by atomic mass is 10.1. The molecule has 1 aromatic carbocycles. The summed E-state index contributed by atoms with van der Waals surface area (Å²) in [5, 5.41) is 10.6. The minimum Gasteiger partial charge on any atom is -0.444 e. The normalized spacial score (nSPS) is 14.0. The molecule has 40 heavy (non-hydrogen) atoms. The number of piperazine rings is 1. The number of ether oxygens (including phenoxy) is 1. The highest BCUT2D eigenvalue weighted by atomic mass is 16.6. The van der Waals surface area contributed by atoms with E-state index in [4.69, 9.17) is 15.1 Å². The van der Waals surface area contributed by atoms with Gasteiger partial charge < -0.3 is 30.2 Å². The fraction of sp³-hybridized carbons (Fsp3) is 0.407. The number of fused-ring (bicyclic) bond motifs is 1. The van der Waals surface area contributed by atoms with Gasteiger partial charge in [0.05, 0.1) is 17.3 Å². The second-order valence-electron chi connectivity index (χ2n) is 10.5. The average molecular weight is 548 g/mol. The van der Waals surface area contributed by atoms with E-state index in [1.807, 2.05) is 56.5 Å². The molecule has 210 valence electrons. The molecule has 0 atom stereocenters. The van der Waals surface area contributed by atoms with Crippen molar-refractivity contribution < 1.29 is 19.0 Å². The summed E-state index contributed by atoms with van der Waals surface area (Å²) in [6, 6.07) is 7.93. The Bertz CT molecular complexity index is 1530. The van der Waals surface area contributed by atoms with Gasteiger partial charge in [-0.15, -0.1) is 0 Å². The van der Waals surface area contributed by atoms with Crippen LogP contribution in [0.15, 0.2) is 41.3 Å². The monoisotopic (exact) mass is 547 g/mol. The topological polar surface area (TPSA) is 158 Å². The minimum atomic E-state index is -0.532. The number of anilines is 2. The van der Waals surface area contributed by atoms with Crippen molar-refractivity contribution in [2.24, 2.45) is 0 Å². The Hall–Kier alpha value is -4.68. The number of carbonyl (C=O) groups is 2. The maximum atomic E-state index is 13.4. The highest BCUT2D eigenvalue weighted by Crippen LogP contribution is 2.28.